The number of aromatic nitrogens is 3. The van der Waals surface area contributed by atoms with Gasteiger partial charge in [0.1, 0.15) is 5.69 Å². The van der Waals surface area contributed by atoms with Gasteiger partial charge in [0, 0.05) is 41.2 Å². The van der Waals surface area contributed by atoms with E-state index in [1.54, 1.807) is 4.68 Å². The fraction of sp³-hybridized carbons (Fsp3) is 0.444. The molecule has 1 aliphatic heterocycles. The second kappa shape index (κ2) is 14.6. The average Bonchev–Trinajstić information content (AvgIpc) is 3.38. The van der Waals surface area contributed by atoms with Gasteiger partial charge in [-0.25, -0.2) is 9.48 Å². The van der Waals surface area contributed by atoms with Crippen molar-refractivity contribution in [2.24, 2.45) is 5.73 Å². The molecule has 10 nitrogen and oxygen atoms in total. The van der Waals surface area contributed by atoms with E-state index in [2.05, 4.69) is 45.8 Å². The number of nitrogens with one attached hydrogen (secondary N) is 1. The van der Waals surface area contributed by atoms with Crippen molar-refractivity contribution >= 4 is 29.2 Å². The van der Waals surface area contributed by atoms with Gasteiger partial charge in [-0.2, -0.15) is 0 Å². The molecule has 3 aromatic rings. The van der Waals surface area contributed by atoms with Gasteiger partial charge in [0.25, 0.3) is 0 Å². The molecule has 39 heavy (non-hydrogen) atoms. The minimum atomic E-state index is -0.560. The van der Waals surface area contributed by atoms with Gasteiger partial charge in [-0.3, -0.25) is 0 Å². The molecule has 2 heterocycles. The van der Waals surface area contributed by atoms with Crippen molar-refractivity contribution in [1.29, 1.82) is 0 Å². The molecule has 0 radical (unpaired) electrons. The summed E-state index contributed by atoms with van der Waals surface area (Å²) < 4.78 is 18.2. The van der Waals surface area contributed by atoms with Gasteiger partial charge >= 0.3 is 6.03 Å². The Morgan fingerprint density at radius 1 is 1.08 bits per heavy atom. The topological polar surface area (TPSA) is 117 Å². The molecule has 210 valence electrons. The number of halogens is 2. The molecule has 1 aromatic heterocycles. The molecule has 2 amide bonds. The average molecular weight is 578 g/mol. The Kier molecular flexibility index (Phi) is 11.0. The van der Waals surface area contributed by atoms with Crippen molar-refractivity contribution < 1.29 is 19.0 Å². The fourth-order valence-electron chi connectivity index (χ4n) is 4.53. The Bertz CT molecular complexity index is 1240. The lowest BCUT2D eigenvalue weighted by molar-refractivity contribution is 0.0135. The number of likely N-dealkylation sites (N-methyl/N-ethyl adjacent to an activating group) is 1. The molecule has 0 saturated carbocycles. The lowest BCUT2D eigenvalue weighted by Gasteiger charge is -2.33. The third kappa shape index (κ3) is 8.63. The summed E-state index contributed by atoms with van der Waals surface area (Å²) in [5.74, 6) is 0.158. The van der Waals surface area contributed by atoms with Gasteiger partial charge in [-0.1, -0.05) is 46.6 Å². The first-order valence-electron chi connectivity index (χ1n) is 12.8. The lowest BCUT2D eigenvalue weighted by atomic mass is 9.84. The molecule has 1 aliphatic rings. The van der Waals surface area contributed by atoms with Gasteiger partial charge in [-0.15, -0.1) is 5.10 Å². The summed E-state index contributed by atoms with van der Waals surface area (Å²) in [6.45, 7) is 5.36. The minimum Gasteiger partial charge on any atom is -0.377 e. The van der Waals surface area contributed by atoms with Crippen LogP contribution in [-0.2, 0) is 27.3 Å². The van der Waals surface area contributed by atoms with Gasteiger partial charge < -0.3 is 30.2 Å². The smallest absolute Gasteiger partial charge is 0.312 e. The lowest BCUT2D eigenvalue weighted by Crippen LogP contribution is -2.32. The van der Waals surface area contributed by atoms with Gasteiger partial charge in [-0.05, 0) is 41.9 Å². The molecule has 0 spiro atoms. The van der Waals surface area contributed by atoms with Crippen molar-refractivity contribution in [1.82, 2.24) is 25.2 Å². The van der Waals surface area contributed by atoms with Crippen LogP contribution in [0.15, 0.2) is 42.6 Å². The molecule has 0 saturated heterocycles. The number of ether oxygens (including phenoxy) is 3. The number of hydrogen-bond donors (Lipinski definition) is 2. The summed E-state index contributed by atoms with van der Waals surface area (Å²) in [5, 5.41) is 12.5. The summed E-state index contributed by atoms with van der Waals surface area (Å²) in [4.78, 5) is 12.8. The van der Waals surface area contributed by atoms with Crippen LogP contribution in [0.25, 0.3) is 11.3 Å². The van der Waals surface area contributed by atoms with E-state index in [4.69, 9.17) is 43.1 Å². The van der Waals surface area contributed by atoms with Crippen molar-refractivity contribution in [2.45, 2.75) is 19.0 Å². The highest BCUT2D eigenvalue weighted by atomic mass is 35.5. The molecular weight excluding hydrogens is 543 g/mol. The first kappa shape index (κ1) is 29.3. The van der Waals surface area contributed by atoms with E-state index in [9.17, 15) is 4.79 Å². The highest BCUT2D eigenvalue weighted by Crippen LogP contribution is 2.39. The second-order valence-corrected chi connectivity index (χ2v) is 10.2. The van der Waals surface area contributed by atoms with Crippen LogP contribution in [0.4, 0.5) is 4.79 Å². The zero-order chi connectivity index (χ0) is 27.6. The third-order valence-corrected chi connectivity index (χ3v) is 6.93. The Balaban J connectivity index is 1.23. The number of hydrogen-bond acceptors (Lipinski definition) is 7. The number of nitrogens with two attached hydrogens (primary N) is 1. The van der Waals surface area contributed by atoms with Gasteiger partial charge in [0.15, 0.2) is 0 Å². The Morgan fingerprint density at radius 3 is 2.59 bits per heavy atom. The number of carbonyl (C=O) groups is 1. The highest BCUT2D eigenvalue weighted by molar-refractivity contribution is 6.35. The number of fused-ring (bicyclic) bond motifs is 1. The third-order valence-electron chi connectivity index (χ3n) is 6.37. The normalized spacial score (nSPS) is 15.3. The van der Waals surface area contributed by atoms with Crippen molar-refractivity contribution in [3.05, 3.63) is 69.3 Å². The van der Waals surface area contributed by atoms with E-state index >= 15 is 0 Å². The van der Waals surface area contributed by atoms with Crippen molar-refractivity contribution in [3.8, 4) is 11.3 Å². The molecule has 12 heteroatoms. The predicted octanol–water partition coefficient (Wildman–Crippen LogP) is 3.55. The number of amides is 2. The standard InChI is InChI=1S/C27H34Cl2N6O4/c1-34-16-23(22-14-21(28)15-25(29)24(22)17-34)19-3-2-4-20(13-19)26-18-35(33-32-26)6-8-38-10-12-39-11-9-37-7-5-31-27(30)36/h2-4,13-15,18,23H,5-12,16-17H2,1H3,(H3,30,31,36)/t23-/m0/s1. The minimum absolute atomic E-state index is 0.158. The molecule has 2 aromatic carbocycles. The molecule has 1 atom stereocenters. The zero-order valence-electron chi connectivity index (χ0n) is 21.9. The quantitative estimate of drug-likeness (QED) is 0.282. The summed E-state index contributed by atoms with van der Waals surface area (Å²) in [5.41, 5.74) is 10.3. The summed E-state index contributed by atoms with van der Waals surface area (Å²) in [6, 6.07) is 11.7. The van der Waals surface area contributed by atoms with E-state index in [0.29, 0.717) is 62.8 Å². The zero-order valence-corrected chi connectivity index (χ0v) is 23.5. The van der Waals surface area contributed by atoms with E-state index in [1.165, 1.54) is 11.1 Å². The molecule has 0 unspecified atom stereocenters. The monoisotopic (exact) mass is 576 g/mol. The van der Waals surface area contributed by atoms with E-state index in [-0.39, 0.29) is 5.92 Å². The van der Waals surface area contributed by atoms with Crippen LogP contribution in [0.5, 0.6) is 0 Å². The molecular formula is C27H34Cl2N6O4. The predicted molar refractivity (Wildman–Crippen MR) is 150 cm³/mol. The number of benzene rings is 2. The molecule has 0 bridgehead atoms. The van der Waals surface area contributed by atoms with E-state index < -0.39 is 6.03 Å². The Morgan fingerprint density at radius 2 is 1.82 bits per heavy atom. The van der Waals surface area contributed by atoms with E-state index in [1.807, 2.05) is 24.4 Å². The second-order valence-electron chi connectivity index (χ2n) is 9.33. The fourth-order valence-corrected chi connectivity index (χ4v) is 5.10. The van der Waals surface area contributed by atoms with Crippen LogP contribution in [0.3, 0.4) is 0 Å². The van der Waals surface area contributed by atoms with Crippen LogP contribution < -0.4 is 11.1 Å². The Labute approximate surface area is 238 Å². The maximum absolute atomic E-state index is 10.5. The van der Waals surface area contributed by atoms with Crippen LogP contribution in [0.2, 0.25) is 10.0 Å². The number of rotatable bonds is 14. The first-order chi connectivity index (χ1) is 18.9. The number of nitrogens with zero attached hydrogens (tertiary/aromatic N) is 4. The SMILES string of the molecule is CN1Cc2c(Cl)cc(Cl)cc2[C@H](c2cccc(-c3cn(CCOCCOCCOCCNC(N)=O)nn3)c2)C1. The summed E-state index contributed by atoms with van der Waals surface area (Å²) in [6.07, 6.45) is 1.93. The van der Waals surface area contributed by atoms with Crippen LogP contribution in [0.1, 0.15) is 22.6 Å². The number of primary amides is 1. The molecule has 4 rings (SSSR count). The summed E-state index contributed by atoms with van der Waals surface area (Å²) >= 11 is 12.9. The summed E-state index contributed by atoms with van der Waals surface area (Å²) in [7, 11) is 2.11. The van der Waals surface area contributed by atoms with Gasteiger partial charge in [0.2, 0.25) is 0 Å². The molecule has 0 aliphatic carbocycles. The van der Waals surface area contributed by atoms with Crippen LogP contribution >= 0.6 is 23.2 Å². The first-order valence-corrected chi connectivity index (χ1v) is 13.6. The number of urea groups is 1. The van der Waals surface area contributed by atoms with Crippen LogP contribution in [0, 0.1) is 0 Å². The van der Waals surface area contributed by atoms with Crippen molar-refractivity contribution in [3.63, 3.8) is 0 Å². The maximum Gasteiger partial charge on any atom is 0.312 e. The molecule has 3 N–H and O–H groups in total. The maximum atomic E-state index is 10.5. The highest BCUT2D eigenvalue weighted by Gasteiger charge is 2.27. The largest absolute Gasteiger partial charge is 0.377 e. The Hall–Kier alpha value is -2.73. The molecule has 0 fully saturated rings. The number of carbonyl (C=O) groups excluding carboxylic acids is 1. The van der Waals surface area contributed by atoms with Gasteiger partial charge in [0.05, 0.1) is 52.4 Å². The van der Waals surface area contributed by atoms with E-state index in [0.717, 1.165) is 29.9 Å². The van der Waals surface area contributed by atoms with Crippen molar-refractivity contribution in [2.75, 3.05) is 59.8 Å². The van der Waals surface area contributed by atoms with Crippen LogP contribution in [-0.4, -0.2) is 85.7 Å².